The third-order valence-electron chi connectivity index (χ3n) is 4.94. The first-order valence-electron chi connectivity index (χ1n) is 7.01. The molecule has 3 nitrogen and oxygen atoms in total. The fourth-order valence-corrected chi connectivity index (χ4v) is 3.95. The van der Waals surface area contributed by atoms with Gasteiger partial charge in [0.1, 0.15) is 0 Å². The molecule has 0 aromatic rings. The van der Waals surface area contributed by atoms with Gasteiger partial charge >= 0.3 is 5.97 Å². The molecule has 3 heteroatoms. The molecule has 17 heavy (non-hydrogen) atoms. The van der Waals surface area contributed by atoms with Crippen LogP contribution in [0.1, 0.15) is 52.4 Å². The summed E-state index contributed by atoms with van der Waals surface area (Å²) < 4.78 is 0. The number of carbonyl (C=O) groups is 1. The van der Waals surface area contributed by atoms with Gasteiger partial charge in [-0.1, -0.05) is 13.8 Å². The highest BCUT2D eigenvalue weighted by Crippen LogP contribution is 2.44. The first kappa shape index (κ1) is 12.9. The summed E-state index contributed by atoms with van der Waals surface area (Å²) in [6, 6.07) is 0. The van der Waals surface area contributed by atoms with E-state index in [-0.39, 0.29) is 5.54 Å². The minimum atomic E-state index is -0.627. The van der Waals surface area contributed by atoms with E-state index < -0.39 is 5.97 Å². The van der Waals surface area contributed by atoms with Gasteiger partial charge in [-0.2, -0.15) is 0 Å². The van der Waals surface area contributed by atoms with E-state index in [0.29, 0.717) is 12.3 Å². The average Bonchev–Trinajstić information content (AvgIpc) is 2.75. The smallest absolute Gasteiger partial charge is 0.305 e. The van der Waals surface area contributed by atoms with E-state index in [0.717, 1.165) is 25.4 Å². The Hall–Kier alpha value is -0.570. The van der Waals surface area contributed by atoms with E-state index >= 15 is 0 Å². The van der Waals surface area contributed by atoms with Gasteiger partial charge in [0.25, 0.3) is 0 Å². The second-order valence-electron chi connectivity index (χ2n) is 6.15. The van der Waals surface area contributed by atoms with Gasteiger partial charge in [0, 0.05) is 5.54 Å². The van der Waals surface area contributed by atoms with Crippen molar-refractivity contribution in [3.8, 4) is 0 Å². The highest BCUT2D eigenvalue weighted by molar-refractivity contribution is 5.68. The molecule has 98 valence electrons. The van der Waals surface area contributed by atoms with Gasteiger partial charge in [0.15, 0.2) is 0 Å². The summed E-state index contributed by atoms with van der Waals surface area (Å²) in [5, 5.41) is 9.25. The zero-order chi connectivity index (χ0) is 12.5. The monoisotopic (exact) mass is 239 g/mol. The summed E-state index contributed by atoms with van der Waals surface area (Å²) in [5.74, 6) is 0.647. The number of likely N-dealkylation sites (tertiary alicyclic amines) is 1. The third kappa shape index (κ3) is 2.49. The molecule has 1 N–H and O–H groups in total. The van der Waals surface area contributed by atoms with Crippen LogP contribution in [-0.4, -0.2) is 34.6 Å². The maximum atomic E-state index is 11.2. The molecular formula is C14H25NO2. The highest BCUT2D eigenvalue weighted by Gasteiger charge is 2.46. The highest BCUT2D eigenvalue weighted by atomic mass is 16.4. The van der Waals surface area contributed by atoms with Crippen LogP contribution in [0.5, 0.6) is 0 Å². The van der Waals surface area contributed by atoms with Gasteiger partial charge < -0.3 is 5.11 Å². The Morgan fingerprint density at radius 3 is 2.53 bits per heavy atom. The normalized spacial score (nSPS) is 39.4. The minimum Gasteiger partial charge on any atom is -0.481 e. The molecule has 1 aliphatic heterocycles. The van der Waals surface area contributed by atoms with Gasteiger partial charge in [0.2, 0.25) is 0 Å². The Kier molecular flexibility index (Phi) is 3.76. The van der Waals surface area contributed by atoms with Gasteiger partial charge in [-0.05, 0) is 57.0 Å². The first-order chi connectivity index (χ1) is 8.04. The Morgan fingerprint density at radius 2 is 2.00 bits per heavy atom. The molecule has 3 atom stereocenters. The van der Waals surface area contributed by atoms with Crippen molar-refractivity contribution in [2.75, 3.05) is 13.1 Å². The molecule has 0 aromatic carbocycles. The number of nitrogens with zero attached hydrogens (tertiary/aromatic N) is 1. The lowest BCUT2D eigenvalue weighted by molar-refractivity contribution is -0.143. The molecule has 2 aliphatic rings. The standard InChI is InChI=1S/C14H25NO2/c1-11-5-6-14(10-13(16)17,12(2)9-11)15-7-3-4-8-15/h11-12H,3-10H2,1-2H3,(H,16,17). The third-order valence-corrected chi connectivity index (χ3v) is 4.94. The largest absolute Gasteiger partial charge is 0.481 e. The number of carboxylic acids is 1. The van der Waals surface area contributed by atoms with Gasteiger partial charge in [0.05, 0.1) is 6.42 Å². The second kappa shape index (κ2) is 4.97. The maximum absolute atomic E-state index is 11.2. The molecule has 2 rings (SSSR count). The Bertz CT molecular complexity index is 286. The predicted molar refractivity (Wildman–Crippen MR) is 68.0 cm³/mol. The average molecular weight is 239 g/mol. The second-order valence-corrected chi connectivity index (χ2v) is 6.15. The van der Waals surface area contributed by atoms with Crippen LogP contribution in [0.25, 0.3) is 0 Å². The lowest BCUT2D eigenvalue weighted by atomic mass is 9.67. The fraction of sp³-hybridized carbons (Fsp3) is 0.929. The van der Waals surface area contributed by atoms with E-state index in [9.17, 15) is 9.90 Å². The van der Waals surface area contributed by atoms with Crippen LogP contribution in [0, 0.1) is 11.8 Å². The van der Waals surface area contributed by atoms with Crippen molar-refractivity contribution < 1.29 is 9.90 Å². The molecule has 2 fully saturated rings. The molecule has 0 aromatic heterocycles. The molecule has 0 radical (unpaired) electrons. The summed E-state index contributed by atoms with van der Waals surface area (Å²) in [4.78, 5) is 13.7. The van der Waals surface area contributed by atoms with Crippen LogP contribution in [0.4, 0.5) is 0 Å². The van der Waals surface area contributed by atoms with Gasteiger partial charge in [-0.25, -0.2) is 0 Å². The lowest BCUT2D eigenvalue weighted by Crippen LogP contribution is -2.55. The number of hydrogen-bond acceptors (Lipinski definition) is 2. The van der Waals surface area contributed by atoms with E-state index in [1.807, 2.05) is 0 Å². The van der Waals surface area contributed by atoms with Crippen molar-refractivity contribution in [2.24, 2.45) is 11.8 Å². The Balaban J connectivity index is 2.19. The van der Waals surface area contributed by atoms with Crippen LogP contribution in [0.2, 0.25) is 0 Å². The van der Waals surface area contributed by atoms with Gasteiger partial charge in [-0.3, -0.25) is 9.69 Å². The number of rotatable bonds is 3. The molecule has 0 amide bonds. The van der Waals surface area contributed by atoms with E-state index in [1.54, 1.807) is 0 Å². The molecule has 0 spiro atoms. The quantitative estimate of drug-likeness (QED) is 0.823. The Morgan fingerprint density at radius 1 is 1.35 bits per heavy atom. The van der Waals surface area contributed by atoms with Crippen LogP contribution < -0.4 is 0 Å². The first-order valence-corrected chi connectivity index (χ1v) is 7.01. The lowest BCUT2D eigenvalue weighted by Gasteiger charge is -2.50. The minimum absolute atomic E-state index is 0.0468. The molecule has 1 saturated heterocycles. The van der Waals surface area contributed by atoms with E-state index in [1.165, 1.54) is 25.7 Å². The number of hydrogen-bond donors (Lipinski definition) is 1. The Labute approximate surface area is 104 Å². The maximum Gasteiger partial charge on any atom is 0.305 e. The van der Waals surface area contributed by atoms with Crippen molar-refractivity contribution in [1.82, 2.24) is 4.90 Å². The molecule has 1 aliphatic carbocycles. The van der Waals surface area contributed by atoms with Crippen molar-refractivity contribution in [2.45, 2.75) is 57.9 Å². The summed E-state index contributed by atoms with van der Waals surface area (Å²) in [6.07, 6.45) is 6.26. The van der Waals surface area contributed by atoms with Crippen molar-refractivity contribution in [3.63, 3.8) is 0 Å². The molecule has 1 heterocycles. The van der Waals surface area contributed by atoms with Crippen LogP contribution in [0.3, 0.4) is 0 Å². The summed E-state index contributed by atoms with van der Waals surface area (Å²) in [6.45, 7) is 6.76. The van der Waals surface area contributed by atoms with E-state index in [4.69, 9.17) is 0 Å². The number of aliphatic carboxylic acids is 1. The summed E-state index contributed by atoms with van der Waals surface area (Å²) in [5.41, 5.74) is -0.0468. The van der Waals surface area contributed by atoms with Crippen LogP contribution in [-0.2, 0) is 4.79 Å². The molecular weight excluding hydrogens is 214 g/mol. The molecule has 1 saturated carbocycles. The molecule has 3 unspecified atom stereocenters. The van der Waals surface area contributed by atoms with Gasteiger partial charge in [-0.15, -0.1) is 0 Å². The predicted octanol–water partition coefficient (Wildman–Crippen LogP) is 2.75. The zero-order valence-electron chi connectivity index (χ0n) is 11.1. The van der Waals surface area contributed by atoms with Crippen molar-refractivity contribution in [1.29, 1.82) is 0 Å². The van der Waals surface area contributed by atoms with Crippen molar-refractivity contribution in [3.05, 3.63) is 0 Å². The van der Waals surface area contributed by atoms with Crippen LogP contribution in [0.15, 0.2) is 0 Å². The summed E-state index contributed by atoms with van der Waals surface area (Å²) >= 11 is 0. The van der Waals surface area contributed by atoms with E-state index in [2.05, 4.69) is 18.7 Å². The molecule has 0 bridgehead atoms. The topological polar surface area (TPSA) is 40.5 Å². The SMILES string of the molecule is CC1CCC(CC(=O)O)(N2CCCC2)C(C)C1. The van der Waals surface area contributed by atoms with Crippen molar-refractivity contribution >= 4 is 5.97 Å². The zero-order valence-corrected chi connectivity index (χ0v) is 11.1. The summed E-state index contributed by atoms with van der Waals surface area (Å²) in [7, 11) is 0. The van der Waals surface area contributed by atoms with Crippen LogP contribution >= 0.6 is 0 Å². The number of carboxylic acid groups (broad SMARTS) is 1. The fourth-order valence-electron chi connectivity index (χ4n) is 3.95.